The molecular weight excluding hydrogens is 318 g/mol. The molecule has 1 N–H and O–H groups in total. The molecule has 2 rings (SSSR count). The van der Waals surface area contributed by atoms with Gasteiger partial charge < -0.3 is 5.32 Å². The predicted molar refractivity (Wildman–Crippen MR) is 79.8 cm³/mol. The second kappa shape index (κ2) is 6.01. The van der Waals surface area contributed by atoms with E-state index >= 15 is 0 Å². The maximum atomic E-state index is 6.10. The van der Waals surface area contributed by atoms with E-state index in [1.807, 2.05) is 12.1 Å². The van der Waals surface area contributed by atoms with Gasteiger partial charge in [0.05, 0.1) is 5.02 Å². The molecule has 0 unspecified atom stereocenters. The van der Waals surface area contributed by atoms with E-state index in [2.05, 4.69) is 46.4 Å². The second-order valence-electron chi connectivity index (χ2n) is 3.68. The number of halogens is 2. The highest BCUT2D eigenvalue weighted by Gasteiger charge is 2.05. The van der Waals surface area contributed by atoms with E-state index < -0.39 is 0 Å². The largest absolute Gasteiger partial charge is 0.312 e. The van der Waals surface area contributed by atoms with Gasteiger partial charge >= 0.3 is 0 Å². The maximum absolute atomic E-state index is 6.10. The van der Waals surface area contributed by atoms with Gasteiger partial charge in [-0.3, -0.25) is 0 Å². The number of benzene rings is 1. The average Bonchev–Trinajstić information content (AvgIpc) is 2.79. The van der Waals surface area contributed by atoms with E-state index in [1.165, 1.54) is 15.3 Å². The molecule has 90 valence electrons. The third-order valence-electron chi connectivity index (χ3n) is 2.42. The van der Waals surface area contributed by atoms with Gasteiger partial charge in [-0.15, -0.1) is 11.3 Å². The van der Waals surface area contributed by atoms with E-state index in [1.54, 1.807) is 11.3 Å². The van der Waals surface area contributed by atoms with E-state index in [9.17, 15) is 0 Å². The lowest BCUT2D eigenvalue weighted by Gasteiger charge is -2.00. The third kappa shape index (κ3) is 3.32. The zero-order chi connectivity index (χ0) is 12.3. The number of rotatable bonds is 4. The highest BCUT2D eigenvalue weighted by molar-refractivity contribution is 9.10. The fourth-order valence-electron chi connectivity index (χ4n) is 1.53. The molecule has 0 aliphatic rings. The van der Waals surface area contributed by atoms with Crippen molar-refractivity contribution in [3.8, 4) is 10.4 Å². The summed E-state index contributed by atoms with van der Waals surface area (Å²) in [6.07, 6.45) is 0. The molecule has 0 atom stereocenters. The molecule has 0 saturated heterocycles. The van der Waals surface area contributed by atoms with Crippen molar-refractivity contribution in [2.45, 2.75) is 13.5 Å². The van der Waals surface area contributed by atoms with Crippen molar-refractivity contribution < 1.29 is 0 Å². The molecule has 0 fully saturated rings. The molecule has 0 aliphatic carbocycles. The Morgan fingerprint density at radius 3 is 2.82 bits per heavy atom. The fraction of sp³-hybridized carbons (Fsp3) is 0.231. The molecule has 1 heterocycles. The Hall–Kier alpha value is -0.350. The summed E-state index contributed by atoms with van der Waals surface area (Å²) >= 11 is 11.3. The van der Waals surface area contributed by atoms with Crippen LogP contribution in [0, 0.1) is 0 Å². The molecule has 0 spiro atoms. The number of hydrogen-bond acceptors (Lipinski definition) is 2. The Labute approximate surface area is 119 Å². The zero-order valence-electron chi connectivity index (χ0n) is 9.47. The highest BCUT2D eigenvalue weighted by atomic mass is 79.9. The Morgan fingerprint density at radius 2 is 2.12 bits per heavy atom. The minimum Gasteiger partial charge on any atom is -0.312 e. The Balaban J connectivity index is 2.21. The van der Waals surface area contributed by atoms with Crippen LogP contribution in [0.4, 0.5) is 0 Å². The van der Waals surface area contributed by atoms with Crippen LogP contribution < -0.4 is 5.32 Å². The SMILES string of the molecule is CCNCc1ccc(-c2ccc(Br)c(Cl)c2)s1. The molecule has 4 heteroatoms. The van der Waals surface area contributed by atoms with Gasteiger partial charge in [-0.2, -0.15) is 0 Å². The van der Waals surface area contributed by atoms with Crippen molar-refractivity contribution in [2.24, 2.45) is 0 Å². The molecule has 2 aromatic rings. The first-order chi connectivity index (χ1) is 8.20. The molecule has 17 heavy (non-hydrogen) atoms. The second-order valence-corrected chi connectivity index (χ2v) is 6.11. The van der Waals surface area contributed by atoms with Gasteiger partial charge in [-0.25, -0.2) is 0 Å². The number of hydrogen-bond donors (Lipinski definition) is 1. The van der Waals surface area contributed by atoms with Crippen LogP contribution in [-0.4, -0.2) is 6.54 Å². The molecular formula is C13H13BrClNS. The molecule has 1 aromatic carbocycles. The van der Waals surface area contributed by atoms with Gasteiger partial charge in [-0.05, 0) is 52.3 Å². The minimum atomic E-state index is 0.754. The van der Waals surface area contributed by atoms with Crippen molar-refractivity contribution in [3.63, 3.8) is 0 Å². The minimum absolute atomic E-state index is 0.754. The first kappa shape index (κ1) is 13.1. The first-order valence-corrected chi connectivity index (χ1v) is 7.44. The van der Waals surface area contributed by atoms with Crippen molar-refractivity contribution in [2.75, 3.05) is 6.54 Å². The van der Waals surface area contributed by atoms with E-state index in [0.717, 1.165) is 22.6 Å². The summed E-state index contributed by atoms with van der Waals surface area (Å²) in [5.41, 5.74) is 1.17. The summed E-state index contributed by atoms with van der Waals surface area (Å²) in [6.45, 7) is 4.05. The molecule has 1 nitrogen and oxygen atoms in total. The van der Waals surface area contributed by atoms with Crippen LogP contribution in [0.5, 0.6) is 0 Å². The molecule has 0 aliphatic heterocycles. The summed E-state index contributed by atoms with van der Waals surface area (Å²) in [5, 5.41) is 4.08. The Bertz CT molecular complexity index is 510. The normalized spacial score (nSPS) is 10.8. The lowest BCUT2D eigenvalue weighted by molar-refractivity contribution is 0.735. The summed E-state index contributed by atoms with van der Waals surface area (Å²) in [7, 11) is 0. The molecule has 0 bridgehead atoms. The van der Waals surface area contributed by atoms with Gasteiger partial charge in [0, 0.05) is 20.8 Å². The fourth-order valence-corrected chi connectivity index (χ4v) is 2.93. The van der Waals surface area contributed by atoms with Gasteiger partial charge in [0.2, 0.25) is 0 Å². The van der Waals surface area contributed by atoms with Crippen LogP contribution in [0.25, 0.3) is 10.4 Å². The zero-order valence-corrected chi connectivity index (χ0v) is 12.6. The average molecular weight is 331 g/mol. The Kier molecular flexibility index (Phi) is 4.62. The van der Waals surface area contributed by atoms with Gasteiger partial charge in [-0.1, -0.05) is 24.6 Å². The quantitative estimate of drug-likeness (QED) is 0.837. The van der Waals surface area contributed by atoms with Crippen molar-refractivity contribution in [1.82, 2.24) is 5.32 Å². The molecule has 0 radical (unpaired) electrons. The van der Waals surface area contributed by atoms with Crippen molar-refractivity contribution >= 4 is 38.9 Å². The Morgan fingerprint density at radius 1 is 1.29 bits per heavy atom. The standard InChI is InChI=1S/C13H13BrClNS/c1-2-16-8-10-4-6-13(17-10)9-3-5-11(14)12(15)7-9/h3-7,16H,2,8H2,1H3. The van der Waals surface area contributed by atoms with Crippen molar-refractivity contribution in [3.05, 3.63) is 44.7 Å². The maximum Gasteiger partial charge on any atom is 0.0554 e. The predicted octanol–water partition coefficient (Wildman–Crippen LogP) is 4.94. The third-order valence-corrected chi connectivity index (χ3v) is 4.78. The first-order valence-electron chi connectivity index (χ1n) is 5.45. The lowest BCUT2D eigenvalue weighted by atomic mass is 10.2. The smallest absolute Gasteiger partial charge is 0.0554 e. The van der Waals surface area contributed by atoms with E-state index in [-0.39, 0.29) is 0 Å². The van der Waals surface area contributed by atoms with Crippen LogP contribution in [-0.2, 0) is 6.54 Å². The number of thiophene rings is 1. The van der Waals surface area contributed by atoms with Crippen LogP contribution in [0.1, 0.15) is 11.8 Å². The molecule has 0 amide bonds. The highest BCUT2D eigenvalue weighted by Crippen LogP contribution is 2.32. The topological polar surface area (TPSA) is 12.0 Å². The van der Waals surface area contributed by atoms with Gasteiger partial charge in [0.25, 0.3) is 0 Å². The van der Waals surface area contributed by atoms with Gasteiger partial charge in [0.15, 0.2) is 0 Å². The summed E-state index contributed by atoms with van der Waals surface area (Å²) in [6, 6.07) is 10.4. The van der Waals surface area contributed by atoms with Crippen LogP contribution in [0.2, 0.25) is 5.02 Å². The van der Waals surface area contributed by atoms with E-state index in [4.69, 9.17) is 11.6 Å². The van der Waals surface area contributed by atoms with Crippen molar-refractivity contribution in [1.29, 1.82) is 0 Å². The summed E-state index contributed by atoms with van der Waals surface area (Å²) < 4.78 is 0.937. The van der Waals surface area contributed by atoms with E-state index in [0.29, 0.717) is 0 Å². The molecule has 0 saturated carbocycles. The van der Waals surface area contributed by atoms with Gasteiger partial charge in [0.1, 0.15) is 0 Å². The monoisotopic (exact) mass is 329 g/mol. The lowest BCUT2D eigenvalue weighted by Crippen LogP contribution is -2.10. The van der Waals surface area contributed by atoms with Crippen LogP contribution in [0.15, 0.2) is 34.8 Å². The summed E-state index contributed by atoms with van der Waals surface area (Å²) in [5.74, 6) is 0. The number of nitrogens with one attached hydrogen (secondary N) is 1. The van der Waals surface area contributed by atoms with Crippen LogP contribution >= 0.6 is 38.9 Å². The molecule has 1 aromatic heterocycles. The van der Waals surface area contributed by atoms with Crippen LogP contribution in [0.3, 0.4) is 0 Å². The summed E-state index contributed by atoms with van der Waals surface area (Å²) in [4.78, 5) is 2.60.